The minimum atomic E-state index is 0.0764. The van der Waals surface area contributed by atoms with Crippen molar-refractivity contribution in [2.24, 2.45) is 11.0 Å². The molecule has 9 heavy (non-hydrogen) atoms. The van der Waals surface area contributed by atoms with Gasteiger partial charge in [0.25, 0.3) is 0 Å². The zero-order valence-electron chi connectivity index (χ0n) is 4.78. The van der Waals surface area contributed by atoms with Crippen molar-refractivity contribution in [1.29, 1.82) is 0 Å². The Bertz CT molecular complexity index is 145. The van der Waals surface area contributed by atoms with Crippen LogP contribution in [0.2, 0.25) is 0 Å². The maximum atomic E-state index is 9.94. The Hall–Kier alpha value is -0.710. The van der Waals surface area contributed by atoms with Crippen molar-refractivity contribution in [2.45, 2.75) is 18.9 Å². The SMILES string of the molecule is NC(=S)N(N=O)C1CC1. The molecule has 0 unspecified atom stereocenters. The second-order valence-corrected chi connectivity index (χ2v) is 2.41. The number of nitrogens with zero attached hydrogens (tertiary/aromatic N) is 2. The van der Waals surface area contributed by atoms with Crippen molar-refractivity contribution in [1.82, 2.24) is 5.01 Å². The normalized spacial score (nSPS) is 16.9. The monoisotopic (exact) mass is 145 g/mol. The molecule has 0 spiro atoms. The Labute approximate surface area is 58.0 Å². The Morgan fingerprint density at radius 1 is 1.78 bits per heavy atom. The molecule has 4 nitrogen and oxygen atoms in total. The van der Waals surface area contributed by atoms with Gasteiger partial charge in [0, 0.05) is 0 Å². The second-order valence-electron chi connectivity index (χ2n) is 2.00. The van der Waals surface area contributed by atoms with Gasteiger partial charge in [0.15, 0.2) is 5.11 Å². The summed E-state index contributed by atoms with van der Waals surface area (Å²) in [5.74, 6) is 0. The molecule has 1 fully saturated rings. The highest BCUT2D eigenvalue weighted by molar-refractivity contribution is 7.80. The molecule has 0 radical (unpaired) electrons. The van der Waals surface area contributed by atoms with Crippen molar-refractivity contribution in [3.8, 4) is 0 Å². The highest BCUT2D eigenvalue weighted by Crippen LogP contribution is 2.26. The summed E-state index contributed by atoms with van der Waals surface area (Å²) in [6.07, 6.45) is 1.95. The molecule has 50 valence electrons. The van der Waals surface area contributed by atoms with Crippen molar-refractivity contribution in [3.63, 3.8) is 0 Å². The molecule has 1 aliphatic carbocycles. The fourth-order valence-electron chi connectivity index (χ4n) is 0.606. The van der Waals surface area contributed by atoms with Crippen molar-refractivity contribution in [3.05, 3.63) is 4.91 Å². The highest BCUT2D eigenvalue weighted by atomic mass is 32.1. The molecule has 0 aliphatic heterocycles. The van der Waals surface area contributed by atoms with E-state index in [4.69, 9.17) is 5.73 Å². The van der Waals surface area contributed by atoms with Crippen LogP contribution in [0.4, 0.5) is 0 Å². The lowest BCUT2D eigenvalue weighted by Gasteiger charge is -2.09. The summed E-state index contributed by atoms with van der Waals surface area (Å²) in [6.45, 7) is 0. The van der Waals surface area contributed by atoms with E-state index in [0.29, 0.717) is 0 Å². The van der Waals surface area contributed by atoms with Gasteiger partial charge in [-0.2, -0.15) is 0 Å². The summed E-state index contributed by atoms with van der Waals surface area (Å²) in [6, 6.07) is 0.194. The molecule has 0 amide bonds. The van der Waals surface area contributed by atoms with E-state index in [1.807, 2.05) is 0 Å². The van der Waals surface area contributed by atoms with Crippen molar-refractivity contribution >= 4 is 17.3 Å². The molecular weight excluding hydrogens is 138 g/mol. The van der Waals surface area contributed by atoms with Gasteiger partial charge in [-0.25, -0.2) is 5.01 Å². The number of nitroso groups, excluding NO2 is 1. The van der Waals surface area contributed by atoms with Gasteiger partial charge in [-0.15, -0.1) is 4.91 Å². The molecule has 0 aromatic rings. The number of hydrogen-bond donors (Lipinski definition) is 1. The summed E-state index contributed by atoms with van der Waals surface area (Å²) in [5, 5.41) is 3.89. The summed E-state index contributed by atoms with van der Waals surface area (Å²) < 4.78 is 0. The minimum absolute atomic E-state index is 0.0764. The van der Waals surface area contributed by atoms with E-state index in [1.165, 1.54) is 0 Å². The lowest BCUT2D eigenvalue weighted by atomic mass is 10.7. The Balaban J connectivity index is 2.47. The maximum absolute atomic E-state index is 9.94. The Morgan fingerprint density at radius 3 is 2.44 bits per heavy atom. The average molecular weight is 145 g/mol. The van der Waals surface area contributed by atoms with E-state index in [9.17, 15) is 4.91 Å². The summed E-state index contributed by atoms with van der Waals surface area (Å²) in [4.78, 5) is 9.94. The van der Waals surface area contributed by atoms with Crippen molar-refractivity contribution in [2.75, 3.05) is 0 Å². The van der Waals surface area contributed by atoms with E-state index in [0.717, 1.165) is 17.9 Å². The molecule has 1 aliphatic rings. The molecule has 5 heteroatoms. The Kier molecular flexibility index (Phi) is 1.61. The van der Waals surface area contributed by atoms with Gasteiger partial charge in [0.1, 0.15) is 0 Å². The van der Waals surface area contributed by atoms with Crippen LogP contribution in [0.15, 0.2) is 5.29 Å². The van der Waals surface area contributed by atoms with Crippen LogP contribution in [0.3, 0.4) is 0 Å². The van der Waals surface area contributed by atoms with Crippen LogP contribution in [0.1, 0.15) is 12.8 Å². The molecule has 0 heterocycles. The van der Waals surface area contributed by atoms with Gasteiger partial charge in [0.05, 0.1) is 11.3 Å². The summed E-state index contributed by atoms with van der Waals surface area (Å²) >= 11 is 4.54. The summed E-state index contributed by atoms with van der Waals surface area (Å²) in [7, 11) is 0. The van der Waals surface area contributed by atoms with E-state index in [-0.39, 0.29) is 11.2 Å². The number of nitrogens with two attached hydrogens (primary N) is 1. The van der Waals surface area contributed by atoms with Crippen LogP contribution < -0.4 is 5.73 Å². The van der Waals surface area contributed by atoms with Gasteiger partial charge in [-0.05, 0) is 25.1 Å². The second kappa shape index (κ2) is 2.26. The Morgan fingerprint density at radius 2 is 2.33 bits per heavy atom. The molecule has 2 N–H and O–H groups in total. The maximum Gasteiger partial charge on any atom is 0.189 e. The molecule has 0 aromatic carbocycles. The molecular formula is C4H7N3OS. The van der Waals surface area contributed by atoms with Gasteiger partial charge in [-0.1, -0.05) is 0 Å². The lowest BCUT2D eigenvalue weighted by molar-refractivity contribution is 0.433. The van der Waals surface area contributed by atoms with E-state index < -0.39 is 0 Å². The first-order valence-corrected chi connectivity index (χ1v) is 3.08. The third-order valence-electron chi connectivity index (χ3n) is 1.21. The molecule has 1 rings (SSSR count). The first kappa shape index (κ1) is 6.41. The van der Waals surface area contributed by atoms with E-state index in [1.54, 1.807) is 0 Å². The van der Waals surface area contributed by atoms with Crippen LogP contribution in [-0.2, 0) is 0 Å². The van der Waals surface area contributed by atoms with Gasteiger partial charge >= 0.3 is 0 Å². The fourth-order valence-corrected chi connectivity index (χ4v) is 0.788. The smallest absolute Gasteiger partial charge is 0.189 e. The predicted molar refractivity (Wildman–Crippen MR) is 37.4 cm³/mol. The third kappa shape index (κ3) is 1.35. The topological polar surface area (TPSA) is 58.7 Å². The van der Waals surface area contributed by atoms with Gasteiger partial charge in [-0.3, -0.25) is 0 Å². The van der Waals surface area contributed by atoms with Crippen LogP contribution >= 0.6 is 12.2 Å². The average Bonchev–Trinajstić information content (AvgIpc) is 2.50. The van der Waals surface area contributed by atoms with Crippen LogP contribution in [0, 0.1) is 4.91 Å². The first-order valence-electron chi connectivity index (χ1n) is 2.67. The van der Waals surface area contributed by atoms with Gasteiger partial charge < -0.3 is 5.73 Å². The molecule has 0 bridgehead atoms. The van der Waals surface area contributed by atoms with Crippen molar-refractivity contribution < 1.29 is 0 Å². The number of thiocarbonyl (C=S) groups is 1. The standard InChI is InChI=1S/C4H7N3OS/c5-4(9)7(6-8)3-1-2-3/h3H,1-2H2,(H2,5,9). The molecule has 1 saturated carbocycles. The molecule has 0 saturated heterocycles. The molecule has 0 atom stereocenters. The van der Waals surface area contributed by atoms with Crippen LogP contribution in [0.5, 0.6) is 0 Å². The number of rotatable bonds is 2. The van der Waals surface area contributed by atoms with E-state index >= 15 is 0 Å². The van der Waals surface area contributed by atoms with Crippen LogP contribution in [0.25, 0.3) is 0 Å². The number of hydrogen-bond acceptors (Lipinski definition) is 3. The third-order valence-corrected chi connectivity index (χ3v) is 1.39. The predicted octanol–water partition coefficient (Wildman–Crippen LogP) is 0.376. The lowest BCUT2D eigenvalue weighted by Crippen LogP contribution is -2.32. The summed E-state index contributed by atoms with van der Waals surface area (Å²) in [5.41, 5.74) is 5.15. The largest absolute Gasteiger partial charge is 0.375 e. The first-order chi connectivity index (χ1) is 4.25. The highest BCUT2D eigenvalue weighted by Gasteiger charge is 2.30. The van der Waals surface area contributed by atoms with Crippen LogP contribution in [-0.4, -0.2) is 16.2 Å². The minimum Gasteiger partial charge on any atom is -0.375 e. The molecule has 0 aromatic heterocycles. The zero-order chi connectivity index (χ0) is 6.85. The fraction of sp³-hybridized carbons (Fsp3) is 0.750. The zero-order valence-corrected chi connectivity index (χ0v) is 5.60. The van der Waals surface area contributed by atoms with Gasteiger partial charge in [0.2, 0.25) is 0 Å². The quantitative estimate of drug-likeness (QED) is 0.346. The van der Waals surface area contributed by atoms with E-state index in [2.05, 4.69) is 17.5 Å².